The van der Waals surface area contributed by atoms with Gasteiger partial charge in [-0.3, -0.25) is 4.79 Å². The van der Waals surface area contributed by atoms with Crippen molar-refractivity contribution >= 4 is 23.3 Å². The van der Waals surface area contributed by atoms with E-state index in [1.54, 1.807) is 6.20 Å². The van der Waals surface area contributed by atoms with Gasteiger partial charge < -0.3 is 15.3 Å². The number of hydrogen-bond acceptors (Lipinski definition) is 5. The van der Waals surface area contributed by atoms with E-state index in [-0.39, 0.29) is 0 Å². The number of amides is 1. The minimum atomic E-state index is -1.11. The number of carbonyl (C=O) groups excluding carboxylic acids is 1. The molecular formula is C15H17N5O3. The third-order valence-corrected chi connectivity index (χ3v) is 4.54. The molecule has 23 heavy (non-hydrogen) atoms. The van der Waals surface area contributed by atoms with Crippen LogP contribution in [0.3, 0.4) is 0 Å². The van der Waals surface area contributed by atoms with Crippen LogP contribution in [0.15, 0.2) is 18.5 Å². The van der Waals surface area contributed by atoms with Gasteiger partial charge in [0.2, 0.25) is 0 Å². The van der Waals surface area contributed by atoms with Gasteiger partial charge in [0.15, 0.2) is 5.65 Å². The Hall–Kier alpha value is -2.64. The Labute approximate surface area is 132 Å². The molecule has 1 amide bonds. The van der Waals surface area contributed by atoms with Gasteiger partial charge in [-0.25, -0.2) is 14.3 Å². The van der Waals surface area contributed by atoms with Gasteiger partial charge in [0, 0.05) is 19.3 Å². The van der Waals surface area contributed by atoms with Crippen molar-refractivity contribution < 1.29 is 14.7 Å². The Morgan fingerprint density at radius 2 is 2.00 bits per heavy atom. The van der Waals surface area contributed by atoms with Crippen molar-refractivity contribution in [3.8, 4) is 0 Å². The summed E-state index contributed by atoms with van der Waals surface area (Å²) < 4.78 is 1.54. The maximum atomic E-state index is 12.4. The second-order valence-electron chi connectivity index (χ2n) is 6.15. The van der Waals surface area contributed by atoms with Crippen LogP contribution in [-0.2, 0) is 4.79 Å². The van der Waals surface area contributed by atoms with Crippen molar-refractivity contribution in [2.24, 2.45) is 0 Å². The summed E-state index contributed by atoms with van der Waals surface area (Å²) in [6.45, 7) is 1.92. The van der Waals surface area contributed by atoms with Gasteiger partial charge >= 0.3 is 5.97 Å². The Kier molecular flexibility index (Phi) is 3.00. The zero-order chi connectivity index (χ0) is 16.0. The summed E-state index contributed by atoms with van der Waals surface area (Å²) in [7, 11) is 0. The van der Waals surface area contributed by atoms with Crippen molar-refractivity contribution in [1.82, 2.24) is 19.9 Å². The lowest BCUT2D eigenvalue weighted by atomic mass is 10.2. The number of aliphatic carboxylic acids is 1. The number of fused-ring (bicyclic) bond motifs is 1. The number of carboxylic acid groups (broad SMARTS) is 1. The van der Waals surface area contributed by atoms with Crippen molar-refractivity contribution in [2.45, 2.75) is 31.2 Å². The largest absolute Gasteiger partial charge is 0.480 e. The van der Waals surface area contributed by atoms with Gasteiger partial charge in [-0.05, 0) is 31.7 Å². The van der Waals surface area contributed by atoms with E-state index in [0.717, 1.165) is 31.7 Å². The second-order valence-corrected chi connectivity index (χ2v) is 6.15. The summed E-state index contributed by atoms with van der Waals surface area (Å²) in [5.41, 5.74) is -0.357. The van der Waals surface area contributed by atoms with Crippen LogP contribution in [-0.4, -0.2) is 50.2 Å². The summed E-state index contributed by atoms with van der Waals surface area (Å²) >= 11 is 0. The van der Waals surface area contributed by atoms with Crippen molar-refractivity contribution in [3.63, 3.8) is 0 Å². The molecule has 120 valence electrons. The molecule has 1 saturated heterocycles. The summed E-state index contributed by atoms with van der Waals surface area (Å²) in [5.74, 6) is -0.608. The van der Waals surface area contributed by atoms with Crippen LogP contribution in [0.5, 0.6) is 0 Å². The first kappa shape index (κ1) is 14.0. The number of nitrogens with zero attached hydrogens (tertiary/aromatic N) is 4. The van der Waals surface area contributed by atoms with E-state index in [9.17, 15) is 14.7 Å². The van der Waals surface area contributed by atoms with Crippen LogP contribution >= 0.6 is 0 Å². The Bertz CT molecular complexity index is 790. The fraction of sp³-hybridized carbons (Fsp3) is 0.467. The van der Waals surface area contributed by atoms with Gasteiger partial charge in [-0.1, -0.05) is 0 Å². The molecule has 0 atom stereocenters. The molecule has 2 N–H and O–H groups in total. The highest BCUT2D eigenvalue weighted by atomic mass is 16.4. The lowest BCUT2D eigenvalue weighted by molar-refractivity contribution is -0.140. The average molecular weight is 315 g/mol. The molecular weight excluding hydrogens is 298 g/mol. The molecule has 1 aliphatic carbocycles. The molecule has 0 radical (unpaired) electrons. The highest BCUT2D eigenvalue weighted by Crippen LogP contribution is 2.36. The first-order valence-electron chi connectivity index (χ1n) is 7.74. The van der Waals surface area contributed by atoms with E-state index in [2.05, 4.69) is 20.3 Å². The first-order chi connectivity index (χ1) is 11.1. The van der Waals surface area contributed by atoms with Crippen LogP contribution in [0.25, 0.3) is 5.65 Å². The Morgan fingerprint density at radius 1 is 1.26 bits per heavy atom. The van der Waals surface area contributed by atoms with Crippen LogP contribution in [0.1, 0.15) is 36.0 Å². The number of carboxylic acids is 1. The van der Waals surface area contributed by atoms with Gasteiger partial charge in [0.05, 0.1) is 6.20 Å². The van der Waals surface area contributed by atoms with E-state index in [1.807, 2.05) is 6.07 Å². The normalized spacial score (nSPS) is 19.0. The first-order valence-corrected chi connectivity index (χ1v) is 7.74. The Morgan fingerprint density at radius 3 is 2.65 bits per heavy atom. The third kappa shape index (κ3) is 2.30. The molecule has 1 saturated carbocycles. The molecule has 8 heteroatoms. The quantitative estimate of drug-likeness (QED) is 0.860. The summed E-state index contributed by atoms with van der Waals surface area (Å²) in [4.78, 5) is 30.4. The number of rotatable bonds is 4. The van der Waals surface area contributed by atoms with E-state index < -0.39 is 17.4 Å². The van der Waals surface area contributed by atoms with Gasteiger partial charge in [0.25, 0.3) is 5.91 Å². The average Bonchev–Trinajstić information content (AvgIpc) is 3.00. The van der Waals surface area contributed by atoms with Crippen LogP contribution in [0, 0.1) is 0 Å². The number of carbonyl (C=O) groups is 2. The van der Waals surface area contributed by atoms with E-state index >= 15 is 0 Å². The molecule has 3 heterocycles. The van der Waals surface area contributed by atoms with Gasteiger partial charge in [-0.15, -0.1) is 0 Å². The summed E-state index contributed by atoms with van der Waals surface area (Å²) in [5, 5.41) is 15.9. The molecule has 0 unspecified atom stereocenters. The molecule has 8 nitrogen and oxygen atoms in total. The van der Waals surface area contributed by atoms with Gasteiger partial charge in [-0.2, -0.15) is 5.10 Å². The highest BCUT2D eigenvalue weighted by molar-refractivity contribution is 6.03. The van der Waals surface area contributed by atoms with Crippen molar-refractivity contribution in [2.75, 3.05) is 18.0 Å². The Balaban J connectivity index is 1.65. The van der Waals surface area contributed by atoms with Crippen molar-refractivity contribution in [3.05, 3.63) is 24.0 Å². The van der Waals surface area contributed by atoms with E-state index in [4.69, 9.17) is 0 Å². The topological polar surface area (TPSA) is 99.8 Å². The molecule has 2 aromatic rings. The second kappa shape index (κ2) is 4.94. The maximum absolute atomic E-state index is 12.4. The number of nitrogens with one attached hydrogen (secondary N) is 1. The third-order valence-electron chi connectivity index (χ3n) is 4.54. The molecule has 4 rings (SSSR count). The molecule has 0 bridgehead atoms. The molecule has 2 fully saturated rings. The predicted molar refractivity (Wildman–Crippen MR) is 81.5 cm³/mol. The van der Waals surface area contributed by atoms with Crippen LogP contribution in [0.2, 0.25) is 0 Å². The van der Waals surface area contributed by atoms with E-state index in [1.165, 1.54) is 10.7 Å². The van der Waals surface area contributed by atoms with Crippen LogP contribution < -0.4 is 10.2 Å². The molecule has 0 aromatic carbocycles. The maximum Gasteiger partial charge on any atom is 0.329 e. The number of aromatic nitrogens is 3. The minimum absolute atomic E-state index is 0.304. The summed E-state index contributed by atoms with van der Waals surface area (Å²) in [6, 6.07) is 1.88. The lowest BCUT2D eigenvalue weighted by Crippen LogP contribution is -2.43. The van der Waals surface area contributed by atoms with E-state index in [0.29, 0.717) is 24.1 Å². The number of hydrogen-bond donors (Lipinski definition) is 2. The summed E-state index contributed by atoms with van der Waals surface area (Å²) in [6.07, 6.45) is 6.40. The fourth-order valence-corrected chi connectivity index (χ4v) is 2.94. The minimum Gasteiger partial charge on any atom is -0.480 e. The zero-order valence-electron chi connectivity index (χ0n) is 12.5. The zero-order valence-corrected chi connectivity index (χ0v) is 12.5. The molecule has 0 spiro atoms. The smallest absolute Gasteiger partial charge is 0.329 e. The lowest BCUT2D eigenvalue weighted by Gasteiger charge is -2.16. The monoisotopic (exact) mass is 315 g/mol. The predicted octanol–water partition coefficient (Wildman–Crippen LogP) is 0.676. The van der Waals surface area contributed by atoms with Crippen LogP contribution in [0.4, 0.5) is 5.82 Å². The van der Waals surface area contributed by atoms with Gasteiger partial charge in [0.1, 0.15) is 16.9 Å². The molecule has 1 aliphatic heterocycles. The fourth-order valence-electron chi connectivity index (χ4n) is 2.94. The molecule has 2 aromatic heterocycles. The number of anilines is 1. The standard InChI is InChI=1S/C15H17N5O3/c21-13(18-15(4-5-15)14(22)23)10-9-16-20-8-3-11(17-12(10)20)19-6-1-2-7-19/h3,8-9H,1-2,4-7H2,(H,18,21)(H,22,23). The molecule has 2 aliphatic rings. The highest BCUT2D eigenvalue weighted by Gasteiger charge is 2.52. The van der Waals surface area contributed by atoms with Crippen molar-refractivity contribution in [1.29, 1.82) is 0 Å². The SMILES string of the molecule is O=C(NC1(C(=O)O)CC1)c1cnn2ccc(N3CCCC3)nc12.